The molecule has 1 aromatic carbocycles. The first-order valence-electron chi connectivity index (χ1n) is 8.94. The first kappa shape index (κ1) is 22.0. The van der Waals surface area contributed by atoms with E-state index in [1.807, 2.05) is 19.2 Å². The van der Waals surface area contributed by atoms with Gasteiger partial charge < -0.3 is 20.3 Å². The van der Waals surface area contributed by atoms with Crippen molar-refractivity contribution in [3.8, 4) is 5.75 Å². The second-order valence-corrected chi connectivity index (χ2v) is 6.75. The smallest absolute Gasteiger partial charge is 0.191 e. The molecule has 1 unspecified atom stereocenters. The number of guanidine groups is 1. The van der Waals surface area contributed by atoms with Gasteiger partial charge in [-0.05, 0) is 56.8 Å². The number of piperidine rings is 1. The standard InChI is InChI=1S/C19H32N4O.HI/c1-15(2)23-11-5-6-17(14-23)13-22-19(20-3)21-12-16-7-9-18(24-4)10-8-16;/h7-10,15,17H,5-6,11-14H2,1-4H3,(H2,20,21,22);1H. The largest absolute Gasteiger partial charge is 0.497 e. The Labute approximate surface area is 169 Å². The summed E-state index contributed by atoms with van der Waals surface area (Å²) >= 11 is 0. The lowest BCUT2D eigenvalue weighted by atomic mass is 9.97. The minimum absolute atomic E-state index is 0. The molecule has 0 radical (unpaired) electrons. The van der Waals surface area contributed by atoms with Crippen LogP contribution in [0.3, 0.4) is 0 Å². The molecule has 0 amide bonds. The maximum absolute atomic E-state index is 5.19. The Morgan fingerprint density at radius 1 is 1.28 bits per heavy atom. The van der Waals surface area contributed by atoms with Gasteiger partial charge in [-0.15, -0.1) is 24.0 Å². The van der Waals surface area contributed by atoms with E-state index in [2.05, 4.69) is 46.5 Å². The van der Waals surface area contributed by atoms with Gasteiger partial charge in [0.1, 0.15) is 5.75 Å². The van der Waals surface area contributed by atoms with Crippen LogP contribution in [-0.4, -0.2) is 50.7 Å². The Morgan fingerprint density at radius 3 is 2.60 bits per heavy atom. The fraction of sp³-hybridized carbons (Fsp3) is 0.632. The number of nitrogens with one attached hydrogen (secondary N) is 2. The highest BCUT2D eigenvalue weighted by Gasteiger charge is 2.21. The molecule has 1 fully saturated rings. The zero-order chi connectivity index (χ0) is 17.4. The highest BCUT2D eigenvalue weighted by atomic mass is 127. The Hall–Kier alpha value is -1.02. The van der Waals surface area contributed by atoms with Gasteiger partial charge in [0.2, 0.25) is 0 Å². The van der Waals surface area contributed by atoms with Crippen molar-refractivity contribution in [2.24, 2.45) is 10.9 Å². The number of nitrogens with zero attached hydrogens (tertiary/aromatic N) is 2. The summed E-state index contributed by atoms with van der Waals surface area (Å²) in [4.78, 5) is 6.90. The van der Waals surface area contributed by atoms with Crippen LogP contribution in [0.4, 0.5) is 0 Å². The third-order valence-corrected chi connectivity index (χ3v) is 4.68. The van der Waals surface area contributed by atoms with Gasteiger partial charge in [0.25, 0.3) is 0 Å². The van der Waals surface area contributed by atoms with Gasteiger partial charge in [-0.3, -0.25) is 4.99 Å². The lowest BCUT2D eigenvalue weighted by molar-refractivity contribution is 0.141. The number of hydrogen-bond acceptors (Lipinski definition) is 3. The number of rotatable bonds is 6. The topological polar surface area (TPSA) is 48.9 Å². The van der Waals surface area contributed by atoms with Crippen LogP contribution in [0.5, 0.6) is 5.75 Å². The molecule has 1 aliphatic rings. The molecule has 0 aromatic heterocycles. The average Bonchev–Trinajstić information content (AvgIpc) is 2.62. The van der Waals surface area contributed by atoms with Crippen LogP contribution in [-0.2, 0) is 6.54 Å². The normalized spacial score (nSPS) is 18.6. The molecule has 1 aromatic rings. The monoisotopic (exact) mass is 460 g/mol. The van der Waals surface area contributed by atoms with E-state index in [-0.39, 0.29) is 24.0 Å². The van der Waals surface area contributed by atoms with Gasteiger partial charge >= 0.3 is 0 Å². The molecule has 25 heavy (non-hydrogen) atoms. The molecule has 2 rings (SSSR count). The molecule has 0 saturated carbocycles. The zero-order valence-corrected chi connectivity index (χ0v) is 18.2. The fourth-order valence-electron chi connectivity index (χ4n) is 3.12. The number of ether oxygens (including phenoxy) is 1. The minimum atomic E-state index is 0. The lowest BCUT2D eigenvalue weighted by Crippen LogP contribution is -2.45. The maximum Gasteiger partial charge on any atom is 0.191 e. The van der Waals surface area contributed by atoms with Crippen molar-refractivity contribution in [3.63, 3.8) is 0 Å². The molecule has 5 nitrogen and oxygen atoms in total. The van der Waals surface area contributed by atoms with E-state index >= 15 is 0 Å². The van der Waals surface area contributed by atoms with Crippen molar-refractivity contribution in [1.29, 1.82) is 0 Å². The van der Waals surface area contributed by atoms with Crippen molar-refractivity contribution in [1.82, 2.24) is 15.5 Å². The predicted molar refractivity (Wildman–Crippen MR) is 116 cm³/mol. The SMILES string of the molecule is CN=C(NCc1ccc(OC)cc1)NCC1CCCN(C(C)C)C1.I. The number of benzene rings is 1. The molecular weight excluding hydrogens is 427 g/mol. The Kier molecular flexibility index (Phi) is 10.2. The first-order valence-corrected chi connectivity index (χ1v) is 8.94. The van der Waals surface area contributed by atoms with Crippen LogP contribution >= 0.6 is 24.0 Å². The Balaban J connectivity index is 0.00000312. The summed E-state index contributed by atoms with van der Waals surface area (Å²) in [6.07, 6.45) is 2.59. The molecule has 1 atom stereocenters. The van der Waals surface area contributed by atoms with E-state index in [0.29, 0.717) is 12.0 Å². The lowest BCUT2D eigenvalue weighted by Gasteiger charge is -2.35. The third-order valence-electron chi connectivity index (χ3n) is 4.68. The fourth-order valence-corrected chi connectivity index (χ4v) is 3.12. The summed E-state index contributed by atoms with van der Waals surface area (Å²) in [5.74, 6) is 2.45. The Morgan fingerprint density at radius 2 is 2.00 bits per heavy atom. The van der Waals surface area contributed by atoms with Crippen LogP contribution < -0.4 is 15.4 Å². The van der Waals surface area contributed by atoms with Crippen LogP contribution in [0.1, 0.15) is 32.3 Å². The van der Waals surface area contributed by atoms with E-state index in [0.717, 1.165) is 24.8 Å². The maximum atomic E-state index is 5.19. The van der Waals surface area contributed by atoms with Crippen LogP contribution in [0, 0.1) is 5.92 Å². The quantitative estimate of drug-likeness (QED) is 0.389. The molecule has 142 valence electrons. The van der Waals surface area contributed by atoms with Gasteiger partial charge in [-0.25, -0.2) is 0 Å². The average molecular weight is 460 g/mol. The Bertz CT molecular complexity index is 519. The summed E-state index contributed by atoms with van der Waals surface area (Å²) < 4.78 is 5.19. The highest BCUT2D eigenvalue weighted by Crippen LogP contribution is 2.17. The first-order chi connectivity index (χ1) is 11.6. The third kappa shape index (κ3) is 7.40. The predicted octanol–water partition coefficient (Wildman–Crippen LogP) is 3.10. The van der Waals surface area contributed by atoms with E-state index in [1.165, 1.54) is 31.5 Å². The van der Waals surface area contributed by atoms with Crippen molar-refractivity contribution >= 4 is 29.9 Å². The van der Waals surface area contributed by atoms with Crippen LogP contribution in [0.25, 0.3) is 0 Å². The number of likely N-dealkylation sites (tertiary alicyclic amines) is 1. The van der Waals surface area contributed by atoms with Crippen LogP contribution in [0.2, 0.25) is 0 Å². The molecular formula is C19H33IN4O. The van der Waals surface area contributed by atoms with Gasteiger partial charge in [0.15, 0.2) is 5.96 Å². The van der Waals surface area contributed by atoms with E-state index in [4.69, 9.17) is 4.74 Å². The number of halogens is 1. The molecule has 0 aliphatic carbocycles. The van der Waals surface area contributed by atoms with Crippen molar-refractivity contribution in [3.05, 3.63) is 29.8 Å². The van der Waals surface area contributed by atoms with Crippen molar-refractivity contribution in [2.75, 3.05) is 33.8 Å². The summed E-state index contributed by atoms with van der Waals surface area (Å²) in [6, 6.07) is 8.74. The molecule has 1 heterocycles. The summed E-state index contributed by atoms with van der Waals surface area (Å²) in [5.41, 5.74) is 1.21. The second kappa shape index (κ2) is 11.6. The molecule has 0 bridgehead atoms. The van der Waals surface area contributed by atoms with Gasteiger partial charge in [-0.1, -0.05) is 12.1 Å². The van der Waals surface area contributed by atoms with Gasteiger partial charge in [0, 0.05) is 32.7 Å². The van der Waals surface area contributed by atoms with E-state index in [1.54, 1.807) is 7.11 Å². The summed E-state index contributed by atoms with van der Waals surface area (Å²) in [6.45, 7) is 8.72. The zero-order valence-electron chi connectivity index (χ0n) is 15.9. The minimum Gasteiger partial charge on any atom is -0.497 e. The molecule has 0 spiro atoms. The number of methoxy groups -OCH3 is 1. The number of hydrogen-bond donors (Lipinski definition) is 2. The molecule has 6 heteroatoms. The van der Waals surface area contributed by atoms with E-state index < -0.39 is 0 Å². The van der Waals surface area contributed by atoms with E-state index in [9.17, 15) is 0 Å². The molecule has 1 aliphatic heterocycles. The molecule has 1 saturated heterocycles. The summed E-state index contributed by atoms with van der Waals surface area (Å²) in [7, 11) is 3.51. The number of aliphatic imine (C=N–C) groups is 1. The highest BCUT2D eigenvalue weighted by molar-refractivity contribution is 14.0. The summed E-state index contributed by atoms with van der Waals surface area (Å²) in [5, 5.41) is 6.86. The molecule has 2 N–H and O–H groups in total. The van der Waals surface area contributed by atoms with Crippen LogP contribution in [0.15, 0.2) is 29.3 Å². The van der Waals surface area contributed by atoms with Gasteiger partial charge in [0.05, 0.1) is 7.11 Å². The van der Waals surface area contributed by atoms with Crippen molar-refractivity contribution < 1.29 is 4.74 Å². The van der Waals surface area contributed by atoms with Gasteiger partial charge in [-0.2, -0.15) is 0 Å². The second-order valence-electron chi connectivity index (χ2n) is 6.75. The van der Waals surface area contributed by atoms with Crippen molar-refractivity contribution in [2.45, 2.75) is 39.3 Å².